The third-order valence-electron chi connectivity index (χ3n) is 5.40. The monoisotopic (exact) mass is 433 g/mol. The number of nitrogens with one attached hydrogen (secondary N) is 1. The van der Waals surface area contributed by atoms with Crippen molar-refractivity contribution in [3.63, 3.8) is 0 Å². The molecule has 2 aromatic carbocycles. The van der Waals surface area contributed by atoms with Crippen LogP contribution in [-0.4, -0.2) is 56.3 Å². The number of halogens is 1. The van der Waals surface area contributed by atoms with Gasteiger partial charge in [-0.15, -0.1) is 0 Å². The van der Waals surface area contributed by atoms with E-state index < -0.39 is 15.8 Å². The predicted molar refractivity (Wildman–Crippen MR) is 114 cm³/mol. The van der Waals surface area contributed by atoms with Gasteiger partial charge in [0, 0.05) is 26.2 Å². The molecule has 8 heteroatoms. The summed E-state index contributed by atoms with van der Waals surface area (Å²) in [5.74, 6) is -0.673. The van der Waals surface area contributed by atoms with E-state index in [0.717, 1.165) is 18.1 Å². The number of carbonyl (C=O) groups excluding carboxylic acids is 1. The highest BCUT2D eigenvalue weighted by atomic mass is 32.2. The third-order valence-corrected chi connectivity index (χ3v) is 7.29. The lowest BCUT2D eigenvalue weighted by atomic mass is 10.1. The van der Waals surface area contributed by atoms with Gasteiger partial charge in [0.15, 0.2) is 0 Å². The minimum atomic E-state index is -3.73. The van der Waals surface area contributed by atoms with E-state index in [4.69, 9.17) is 0 Å². The summed E-state index contributed by atoms with van der Waals surface area (Å²) in [7, 11) is -3.73. The Morgan fingerprint density at radius 3 is 2.37 bits per heavy atom. The Kier molecular flexibility index (Phi) is 7.23. The molecule has 1 unspecified atom stereocenters. The molecule has 3 rings (SSSR count). The topological polar surface area (TPSA) is 69.7 Å². The lowest BCUT2D eigenvalue weighted by Crippen LogP contribution is -2.51. The van der Waals surface area contributed by atoms with Gasteiger partial charge in [-0.05, 0) is 42.7 Å². The van der Waals surface area contributed by atoms with Gasteiger partial charge in [-0.1, -0.05) is 37.3 Å². The highest BCUT2D eigenvalue weighted by molar-refractivity contribution is 7.89. The van der Waals surface area contributed by atoms with Gasteiger partial charge in [0.1, 0.15) is 5.82 Å². The number of aryl methyl sites for hydroxylation is 1. The van der Waals surface area contributed by atoms with E-state index >= 15 is 0 Å². The van der Waals surface area contributed by atoms with Crippen molar-refractivity contribution in [3.05, 3.63) is 65.5 Å². The van der Waals surface area contributed by atoms with E-state index in [-0.39, 0.29) is 36.5 Å². The fourth-order valence-electron chi connectivity index (χ4n) is 3.52. The van der Waals surface area contributed by atoms with Gasteiger partial charge < -0.3 is 5.32 Å². The second-order valence-electron chi connectivity index (χ2n) is 7.52. The normalized spacial score (nSPS) is 16.9. The molecule has 0 radical (unpaired) electrons. The van der Waals surface area contributed by atoms with Crippen molar-refractivity contribution in [1.82, 2.24) is 14.5 Å². The third kappa shape index (κ3) is 5.44. The molecular weight excluding hydrogens is 405 g/mol. The van der Waals surface area contributed by atoms with Gasteiger partial charge >= 0.3 is 0 Å². The lowest BCUT2D eigenvalue weighted by Gasteiger charge is -2.33. The number of carbonyl (C=O) groups is 1. The molecule has 0 aliphatic carbocycles. The van der Waals surface area contributed by atoms with E-state index in [2.05, 4.69) is 24.4 Å². The molecule has 162 valence electrons. The average Bonchev–Trinajstić information content (AvgIpc) is 2.74. The Bertz CT molecular complexity index is 971. The van der Waals surface area contributed by atoms with E-state index in [1.807, 2.05) is 24.0 Å². The summed E-state index contributed by atoms with van der Waals surface area (Å²) in [4.78, 5) is 14.3. The molecule has 1 aliphatic rings. The Morgan fingerprint density at radius 1 is 1.10 bits per heavy atom. The molecule has 1 atom stereocenters. The maximum atomic E-state index is 13.4. The Labute approximate surface area is 177 Å². The molecule has 1 fully saturated rings. The second kappa shape index (κ2) is 9.68. The van der Waals surface area contributed by atoms with Crippen LogP contribution >= 0.6 is 0 Å². The van der Waals surface area contributed by atoms with Gasteiger partial charge in [0.25, 0.3) is 0 Å². The molecule has 6 nitrogen and oxygen atoms in total. The van der Waals surface area contributed by atoms with Gasteiger partial charge in [0.2, 0.25) is 15.9 Å². The van der Waals surface area contributed by atoms with Crippen molar-refractivity contribution in [1.29, 1.82) is 0 Å². The average molecular weight is 434 g/mol. The summed E-state index contributed by atoms with van der Waals surface area (Å²) < 4.78 is 40.1. The number of rotatable bonds is 7. The number of amides is 1. The molecule has 0 spiro atoms. The SMILES string of the molecule is CCc1ccc(C(C)NC(=O)CN2CCN(S(=O)(=O)c3cccc(F)c3)CC2)cc1. The van der Waals surface area contributed by atoms with Crippen molar-refractivity contribution in [2.75, 3.05) is 32.7 Å². The summed E-state index contributed by atoms with van der Waals surface area (Å²) in [6, 6.07) is 13.1. The number of hydrogen-bond donors (Lipinski definition) is 1. The van der Waals surface area contributed by atoms with Crippen molar-refractivity contribution in [3.8, 4) is 0 Å². The molecule has 1 N–H and O–H groups in total. The van der Waals surface area contributed by atoms with Gasteiger partial charge in [-0.25, -0.2) is 12.8 Å². The van der Waals surface area contributed by atoms with Crippen LogP contribution in [0.3, 0.4) is 0 Å². The maximum Gasteiger partial charge on any atom is 0.243 e. The molecule has 0 saturated carbocycles. The minimum absolute atomic E-state index is 0.0448. The first-order valence-electron chi connectivity index (χ1n) is 10.2. The van der Waals surface area contributed by atoms with Crippen molar-refractivity contribution in [2.45, 2.75) is 31.2 Å². The summed E-state index contributed by atoms with van der Waals surface area (Å²) in [5.41, 5.74) is 2.30. The van der Waals surface area contributed by atoms with Crippen LogP contribution in [-0.2, 0) is 21.2 Å². The minimum Gasteiger partial charge on any atom is -0.348 e. The zero-order valence-corrected chi connectivity index (χ0v) is 18.2. The highest BCUT2D eigenvalue weighted by Crippen LogP contribution is 2.19. The van der Waals surface area contributed by atoms with E-state index in [1.165, 1.54) is 28.1 Å². The van der Waals surface area contributed by atoms with E-state index in [1.54, 1.807) is 0 Å². The number of nitrogens with zero attached hydrogens (tertiary/aromatic N) is 2. The smallest absolute Gasteiger partial charge is 0.243 e. The van der Waals surface area contributed by atoms with Crippen LogP contribution in [0.15, 0.2) is 53.4 Å². The zero-order chi connectivity index (χ0) is 21.7. The Hall–Kier alpha value is -2.29. The van der Waals surface area contributed by atoms with Crippen LogP contribution in [0.1, 0.15) is 31.0 Å². The second-order valence-corrected chi connectivity index (χ2v) is 9.46. The first-order valence-corrected chi connectivity index (χ1v) is 11.6. The van der Waals surface area contributed by atoms with Gasteiger partial charge in [-0.3, -0.25) is 9.69 Å². The standard InChI is InChI=1S/C22H28FN3O3S/c1-3-18-7-9-19(10-8-18)17(2)24-22(27)16-25-11-13-26(14-12-25)30(28,29)21-6-4-5-20(23)15-21/h4-10,15,17H,3,11-14,16H2,1-2H3,(H,24,27). The Balaban J connectivity index is 1.50. The van der Waals surface area contributed by atoms with Crippen LogP contribution < -0.4 is 5.32 Å². The van der Waals surface area contributed by atoms with Gasteiger partial charge in [-0.2, -0.15) is 4.31 Å². The number of benzene rings is 2. The van der Waals surface area contributed by atoms with Crippen molar-refractivity contribution in [2.24, 2.45) is 0 Å². The molecule has 1 amide bonds. The molecule has 2 aromatic rings. The van der Waals surface area contributed by atoms with Crippen LogP contribution in [0.4, 0.5) is 4.39 Å². The summed E-state index contributed by atoms with van der Waals surface area (Å²) in [6.07, 6.45) is 0.974. The fraction of sp³-hybridized carbons (Fsp3) is 0.409. The zero-order valence-electron chi connectivity index (χ0n) is 17.3. The molecule has 30 heavy (non-hydrogen) atoms. The molecule has 0 aromatic heterocycles. The van der Waals surface area contributed by atoms with Crippen LogP contribution in [0.2, 0.25) is 0 Å². The molecular formula is C22H28FN3O3S. The molecule has 1 heterocycles. The molecule has 1 aliphatic heterocycles. The summed E-state index contributed by atoms with van der Waals surface area (Å²) in [6.45, 7) is 5.68. The molecule has 1 saturated heterocycles. The first kappa shape index (κ1) is 22.4. The highest BCUT2D eigenvalue weighted by Gasteiger charge is 2.29. The van der Waals surface area contributed by atoms with E-state index in [0.29, 0.717) is 13.1 Å². The number of sulfonamides is 1. The van der Waals surface area contributed by atoms with Crippen molar-refractivity contribution < 1.29 is 17.6 Å². The lowest BCUT2D eigenvalue weighted by molar-refractivity contribution is -0.123. The number of hydrogen-bond acceptors (Lipinski definition) is 4. The quantitative estimate of drug-likeness (QED) is 0.729. The largest absolute Gasteiger partial charge is 0.348 e. The summed E-state index contributed by atoms with van der Waals surface area (Å²) >= 11 is 0. The van der Waals surface area contributed by atoms with Crippen LogP contribution in [0.25, 0.3) is 0 Å². The van der Waals surface area contributed by atoms with Gasteiger partial charge in [0.05, 0.1) is 17.5 Å². The predicted octanol–water partition coefficient (Wildman–Crippen LogP) is 2.57. The maximum absolute atomic E-state index is 13.4. The number of piperazine rings is 1. The van der Waals surface area contributed by atoms with Crippen LogP contribution in [0.5, 0.6) is 0 Å². The summed E-state index contributed by atoms with van der Waals surface area (Å²) in [5, 5.41) is 3.00. The van der Waals surface area contributed by atoms with Crippen LogP contribution in [0, 0.1) is 5.82 Å². The fourth-order valence-corrected chi connectivity index (χ4v) is 4.97. The molecule has 0 bridgehead atoms. The van der Waals surface area contributed by atoms with E-state index in [9.17, 15) is 17.6 Å². The Morgan fingerprint density at radius 2 is 1.77 bits per heavy atom. The van der Waals surface area contributed by atoms with Crippen molar-refractivity contribution >= 4 is 15.9 Å². The first-order chi connectivity index (χ1) is 14.3.